The highest BCUT2D eigenvalue weighted by atomic mass is 32.1. The van der Waals surface area contributed by atoms with E-state index in [0.717, 1.165) is 43.2 Å². The molecule has 0 bridgehead atoms. The smallest absolute Gasteiger partial charge is 0.288 e. The number of hydrogen-bond donors (Lipinski definition) is 0. The molecule has 5 rings (SSSR count). The number of benzene rings is 2. The van der Waals surface area contributed by atoms with Crippen LogP contribution in [0.3, 0.4) is 0 Å². The molecule has 8 nitrogen and oxygen atoms in total. The van der Waals surface area contributed by atoms with Crippen LogP contribution < -0.4 is 19.1 Å². The fourth-order valence-corrected chi connectivity index (χ4v) is 4.00. The summed E-state index contributed by atoms with van der Waals surface area (Å²) in [4.78, 5) is 5.06. The Balaban J connectivity index is 1.23. The van der Waals surface area contributed by atoms with Crippen molar-refractivity contribution in [3.8, 4) is 28.7 Å². The summed E-state index contributed by atoms with van der Waals surface area (Å²) in [6.07, 6.45) is 0. The maximum Gasteiger partial charge on any atom is 0.288 e. The molecule has 0 radical (unpaired) electrons. The van der Waals surface area contributed by atoms with E-state index in [1.54, 1.807) is 11.8 Å². The van der Waals surface area contributed by atoms with Gasteiger partial charge in [0.15, 0.2) is 11.5 Å². The van der Waals surface area contributed by atoms with E-state index >= 15 is 0 Å². The highest BCUT2D eigenvalue weighted by Gasteiger charge is 2.20. The number of piperazine rings is 1. The summed E-state index contributed by atoms with van der Waals surface area (Å²) in [5, 5.41) is 4.60. The van der Waals surface area contributed by atoms with E-state index < -0.39 is 0 Å². The highest BCUT2D eigenvalue weighted by Crippen LogP contribution is 2.34. The lowest BCUT2D eigenvalue weighted by Gasteiger charge is -2.35. The molecule has 3 aromatic rings. The molecule has 1 saturated heterocycles. The van der Waals surface area contributed by atoms with Gasteiger partial charge < -0.3 is 23.5 Å². The van der Waals surface area contributed by atoms with Gasteiger partial charge in [0, 0.05) is 37.4 Å². The lowest BCUT2D eigenvalue weighted by Crippen LogP contribution is -2.46. The second-order valence-corrected chi connectivity index (χ2v) is 7.82. The molecule has 2 aromatic carbocycles. The molecule has 2 aliphatic rings. The predicted molar refractivity (Wildman–Crippen MR) is 119 cm³/mol. The van der Waals surface area contributed by atoms with Gasteiger partial charge >= 0.3 is 0 Å². The number of nitrogens with zero attached hydrogens (tertiary/aromatic N) is 4. The van der Waals surface area contributed by atoms with Crippen LogP contribution in [-0.4, -0.2) is 61.2 Å². The molecule has 162 valence electrons. The Labute approximate surface area is 185 Å². The van der Waals surface area contributed by atoms with Crippen molar-refractivity contribution in [2.24, 2.45) is 0 Å². The van der Waals surface area contributed by atoms with Gasteiger partial charge in [0.25, 0.3) is 4.84 Å². The molecular formula is C22H24N4O4S. The van der Waals surface area contributed by atoms with Crippen molar-refractivity contribution in [1.29, 1.82) is 0 Å². The largest absolute Gasteiger partial charge is 0.497 e. The quantitative estimate of drug-likeness (QED) is 0.559. The van der Waals surface area contributed by atoms with Crippen LogP contribution >= 0.6 is 12.2 Å². The van der Waals surface area contributed by atoms with E-state index in [1.165, 1.54) is 5.69 Å². The molecule has 0 atom stereocenters. The minimum Gasteiger partial charge on any atom is -0.497 e. The number of methoxy groups -OCH3 is 1. The van der Waals surface area contributed by atoms with Crippen molar-refractivity contribution < 1.29 is 18.6 Å². The zero-order chi connectivity index (χ0) is 21.2. The lowest BCUT2D eigenvalue weighted by molar-refractivity contribution is 0.171. The Hall–Kier alpha value is -3.04. The van der Waals surface area contributed by atoms with Crippen LogP contribution in [0.15, 0.2) is 46.9 Å². The summed E-state index contributed by atoms with van der Waals surface area (Å²) < 4.78 is 24.0. The summed E-state index contributed by atoms with van der Waals surface area (Å²) >= 11 is 5.41. The normalized spacial score (nSPS) is 16.4. The third-order valence-electron chi connectivity index (χ3n) is 5.54. The summed E-state index contributed by atoms with van der Waals surface area (Å²) in [6.45, 7) is 5.41. The minimum atomic E-state index is 0.363. The summed E-state index contributed by atoms with van der Waals surface area (Å²) in [5.74, 6) is 2.80. The van der Waals surface area contributed by atoms with Gasteiger partial charge in [-0.25, -0.2) is 4.68 Å². The molecule has 0 saturated carbocycles. The first-order chi connectivity index (χ1) is 15.2. The first-order valence-electron chi connectivity index (χ1n) is 10.3. The molecule has 31 heavy (non-hydrogen) atoms. The minimum absolute atomic E-state index is 0.363. The van der Waals surface area contributed by atoms with Crippen molar-refractivity contribution >= 4 is 17.9 Å². The number of hydrogen-bond acceptors (Lipinski definition) is 8. The van der Waals surface area contributed by atoms with Crippen molar-refractivity contribution in [1.82, 2.24) is 14.7 Å². The van der Waals surface area contributed by atoms with E-state index in [2.05, 4.69) is 27.0 Å². The topological polar surface area (TPSA) is 65.1 Å². The number of anilines is 1. The Kier molecular flexibility index (Phi) is 5.52. The molecule has 9 heteroatoms. The molecule has 2 aliphatic heterocycles. The van der Waals surface area contributed by atoms with Crippen LogP contribution in [0.5, 0.6) is 17.2 Å². The zero-order valence-electron chi connectivity index (χ0n) is 17.3. The SMILES string of the molecule is COc1ccc(N2CCN(Cn3nc(-c4ccc5c(c4)OCCO5)oc3=S)CC2)cc1. The molecule has 0 unspecified atom stereocenters. The molecule has 0 N–H and O–H groups in total. The predicted octanol–water partition coefficient (Wildman–Crippen LogP) is 3.43. The standard InChI is InChI=1S/C22H24N4O4S/c1-27-18-5-3-17(4-6-18)25-10-8-24(9-11-25)15-26-22(31)30-21(23-26)16-2-7-19-20(14-16)29-13-12-28-19/h2-7,14H,8-13,15H2,1H3. The number of ether oxygens (including phenoxy) is 3. The van der Waals surface area contributed by atoms with Crippen LogP contribution in [0.2, 0.25) is 0 Å². The van der Waals surface area contributed by atoms with Gasteiger partial charge in [0.05, 0.1) is 13.8 Å². The van der Waals surface area contributed by atoms with Crippen molar-refractivity contribution in [3.63, 3.8) is 0 Å². The second-order valence-electron chi connectivity index (χ2n) is 7.48. The molecule has 3 heterocycles. The molecule has 0 aliphatic carbocycles. The summed E-state index contributed by atoms with van der Waals surface area (Å²) in [6, 6.07) is 13.9. The molecule has 0 spiro atoms. The van der Waals surface area contributed by atoms with Gasteiger partial charge in [-0.15, -0.1) is 5.10 Å². The van der Waals surface area contributed by atoms with Crippen molar-refractivity contribution in [2.45, 2.75) is 6.67 Å². The van der Waals surface area contributed by atoms with Gasteiger partial charge in [-0.05, 0) is 54.7 Å². The zero-order valence-corrected chi connectivity index (χ0v) is 18.1. The molecular weight excluding hydrogens is 416 g/mol. The van der Waals surface area contributed by atoms with Gasteiger partial charge in [-0.3, -0.25) is 4.90 Å². The van der Waals surface area contributed by atoms with Crippen LogP contribution in [0.1, 0.15) is 0 Å². The third-order valence-corrected chi connectivity index (χ3v) is 5.83. The van der Waals surface area contributed by atoms with E-state index in [9.17, 15) is 0 Å². The highest BCUT2D eigenvalue weighted by molar-refractivity contribution is 7.71. The maximum atomic E-state index is 5.77. The Morgan fingerprint density at radius 2 is 1.71 bits per heavy atom. The van der Waals surface area contributed by atoms with Gasteiger partial charge in [0.2, 0.25) is 5.89 Å². The van der Waals surface area contributed by atoms with Gasteiger partial charge in [-0.2, -0.15) is 0 Å². The summed E-state index contributed by atoms with van der Waals surface area (Å²) in [5.41, 5.74) is 2.03. The third kappa shape index (κ3) is 4.24. The van der Waals surface area contributed by atoms with Gasteiger partial charge in [-0.1, -0.05) is 0 Å². The van der Waals surface area contributed by atoms with Crippen molar-refractivity contribution in [3.05, 3.63) is 47.3 Å². The molecule has 1 aromatic heterocycles. The second kappa shape index (κ2) is 8.60. The number of aromatic nitrogens is 2. The van der Waals surface area contributed by atoms with E-state index in [-0.39, 0.29) is 0 Å². The van der Waals surface area contributed by atoms with Crippen LogP contribution in [0.25, 0.3) is 11.5 Å². The Bertz CT molecular complexity index is 1100. The molecule has 1 fully saturated rings. The average Bonchev–Trinajstić information content (AvgIpc) is 3.19. The van der Waals surface area contributed by atoms with Crippen LogP contribution in [0.4, 0.5) is 5.69 Å². The first kappa shape index (κ1) is 19.9. The van der Waals surface area contributed by atoms with Crippen LogP contribution in [-0.2, 0) is 6.67 Å². The van der Waals surface area contributed by atoms with Crippen LogP contribution in [0, 0.1) is 4.84 Å². The number of fused-ring (bicyclic) bond motifs is 1. The van der Waals surface area contributed by atoms with E-state index in [1.807, 2.05) is 30.3 Å². The van der Waals surface area contributed by atoms with Gasteiger partial charge in [0.1, 0.15) is 19.0 Å². The summed E-state index contributed by atoms with van der Waals surface area (Å²) in [7, 11) is 1.68. The molecule has 0 amide bonds. The van der Waals surface area contributed by atoms with Crippen molar-refractivity contribution in [2.75, 3.05) is 51.4 Å². The Morgan fingerprint density at radius 1 is 0.968 bits per heavy atom. The number of rotatable bonds is 5. The monoisotopic (exact) mass is 440 g/mol. The fraction of sp³-hybridized carbons (Fsp3) is 0.364. The van der Waals surface area contributed by atoms with E-state index in [4.69, 9.17) is 30.8 Å². The maximum absolute atomic E-state index is 5.77. The first-order valence-corrected chi connectivity index (χ1v) is 10.7. The van der Waals surface area contributed by atoms with E-state index in [0.29, 0.717) is 36.4 Å². The fourth-order valence-electron chi connectivity index (χ4n) is 3.82. The lowest BCUT2D eigenvalue weighted by atomic mass is 10.2. The average molecular weight is 441 g/mol. The Morgan fingerprint density at radius 3 is 2.45 bits per heavy atom.